The van der Waals surface area contributed by atoms with Gasteiger partial charge < -0.3 is 28.8 Å². The molecule has 0 radical (unpaired) electrons. The third kappa shape index (κ3) is 11.4. The van der Waals surface area contributed by atoms with E-state index < -0.39 is 59.0 Å². The molecule has 2 heterocycles. The molecule has 1 aliphatic rings. The van der Waals surface area contributed by atoms with Gasteiger partial charge in [-0.05, 0) is 43.7 Å². The normalized spacial score (nSPS) is 18.3. The number of carboxylic acid groups (broad SMARTS) is 1. The number of carbonyl (C=O) groups is 3. The van der Waals surface area contributed by atoms with Gasteiger partial charge >= 0.3 is 18.1 Å². The molecule has 0 spiro atoms. The summed E-state index contributed by atoms with van der Waals surface area (Å²) in [6.45, 7) is 2.91. The number of ether oxygens (including phenoxy) is 5. The van der Waals surface area contributed by atoms with Crippen LogP contribution >= 0.6 is 11.8 Å². The number of aliphatic carboxylic acids is 1. The second kappa shape index (κ2) is 18.9. The van der Waals surface area contributed by atoms with E-state index in [1.165, 1.54) is 54.2 Å². The summed E-state index contributed by atoms with van der Waals surface area (Å²) in [5.74, 6) is -4.33. The number of halogens is 3. The summed E-state index contributed by atoms with van der Waals surface area (Å²) < 4.78 is 72.9. The lowest BCUT2D eigenvalue weighted by molar-refractivity contribution is -0.171. The summed E-state index contributed by atoms with van der Waals surface area (Å²) in [5.41, 5.74) is -1.62. The molecule has 1 fully saturated rings. The number of hydrogen-bond donors (Lipinski definition) is 1. The molecule has 0 aliphatic carbocycles. The average Bonchev–Trinajstić information content (AvgIpc) is 3.60. The fourth-order valence-corrected chi connectivity index (χ4v) is 6.45. The van der Waals surface area contributed by atoms with Crippen LogP contribution in [0.15, 0.2) is 67.3 Å². The molecule has 17 heteroatoms. The van der Waals surface area contributed by atoms with E-state index in [2.05, 4.69) is 10.1 Å². The Bertz CT molecular complexity index is 1800. The minimum atomic E-state index is -1.92. The van der Waals surface area contributed by atoms with Gasteiger partial charge in [0.2, 0.25) is 6.29 Å². The first kappa shape index (κ1) is 39.6. The van der Waals surface area contributed by atoms with E-state index in [4.69, 9.17) is 34.1 Å². The number of carbonyl (C=O) groups excluding carboxylic acids is 2. The number of benzene rings is 2. The molecule has 0 saturated carbocycles. The second-order valence-electron chi connectivity index (χ2n) is 11.4. The zero-order valence-corrected chi connectivity index (χ0v) is 28.8. The Labute approximate surface area is 301 Å². The fraction of sp³-hybridized carbons (Fsp3) is 0.371. The van der Waals surface area contributed by atoms with Crippen LogP contribution in [0.1, 0.15) is 49.8 Å². The Morgan fingerprint density at radius 3 is 2.52 bits per heavy atom. The molecule has 0 amide bonds. The number of nitrogens with zero attached hydrogens (tertiary/aromatic N) is 4. The van der Waals surface area contributed by atoms with Gasteiger partial charge in [0.05, 0.1) is 36.6 Å². The SMILES string of the molecule is CC(OC(=O)CCCC(=O)O)OC(=O)OC(Cn1cncn1)(c1ccc(F)cc1F)C(C)SC1COC(C=CC=Cc2ccc(C#N)cc2F)OC1. The Hall–Kier alpha value is -5.18. The molecule has 1 saturated heterocycles. The maximum absolute atomic E-state index is 15.6. The molecule has 1 aromatic heterocycles. The van der Waals surface area contributed by atoms with Gasteiger partial charge in [-0.25, -0.2) is 27.6 Å². The van der Waals surface area contributed by atoms with Crippen LogP contribution in [0.2, 0.25) is 0 Å². The summed E-state index contributed by atoms with van der Waals surface area (Å²) in [6.07, 6.45) is 4.85. The Morgan fingerprint density at radius 1 is 1.10 bits per heavy atom. The number of esters is 1. The molecule has 3 aromatic rings. The zero-order chi connectivity index (χ0) is 37.7. The van der Waals surface area contributed by atoms with Crippen LogP contribution in [-0.2, 0) is 45.4 Å². The standard InChI is InChI=1S/C35H35F3N4O9S/c1-22(52-27-17-47-33(48-18-27)9-4-3-6-25-11-10-24(16-39)14-29(25)37)35(19-42-21-40-20-41-42,28-13-12-26(36)15-30(28)38)51-34(46)50-23(2)49-32(45)8-5-7-31(43)44/h3-4,6,9-15,20-23,27,33H,5,7-8,17-19H2,1-2H3,(H,43,44). The average molecular weight is 745 g/mol. The molecule has 2 aromatic carbocycles. The third-order valence-corrected chi connectivity index (χ3v) is 9.02. The number of rotatable bonds is 16. The topological polar surface area (TPSA) is 172 Å². The smallest absolute Gasteiger partial charge is 0.481 e. The van der Waals surface area contributed by atoms with E-state index in [9.17, 15) is 23.2 Å². The highest BCUT2D eigenvalue weighted by Crippen LogP contribution is 2.42. The van der Waals surface area contributed by atoms with Crippen molar-refractivity contribution in [3.05, 3.63) is 101 Å². The molecular weight excluding hydrogens is 709 g/mol. The van der Waals surface area contributed by atoms with Gasteiger partial charge in [-0.1, -0.05) is 24.3 Å². The van der Waals surface area contributed by atoms with Crippen LogP contribution in [0, 0.1) is 28.8 Å². The van der Waals surface area contributed by atoms with Gasteiger partial charge in [-0.2, -0.15) is 10.4 Å². The van der Waals surface area contributed by atoms with Crippen molar-refractivity contribution in [2.75, 3.05) is 13.2 Å². The van der Waals surface area contributed by atoms with E-state index in [-0.39, 0.29) is 55.4 Å². The van der Waals surface area contributed by atoms with E-state index in [0.717, 1.165) is 18.2 Å². The van der Waals surface area contributed by atoms with Crippen LogP contribution in [0.4, 0.5) is 18.0 Å². The molecular formula is C35H35F3N4O9S. The molecule has 13 nitrogen and oxygen atoms in total. The predicted octanol–water partition coefficient (Wildman–Crippen LogP) is 5.89. The first-order valence-electron chi connectivity index (χ1n) is 15.9. The lowest BCUT2D eigenvalue weighted by atomic mass is 9.89. The highest BCUT2D eigenvalue weighted by atomic mass is 32.2. The molecule has 1 N–H and O–H groups in total. The summed E-state index contributed by atoms with van der Waals surface area (Å²) in [4.78, 5) is 40.0. The second-order valence-corrected chi connectivity index (χ2v) is 13.1. The lowest BCUT2D eigenvalue weighted by Gasteiger charge is -2.40. The molecule has 276 valence electrons. The van der Waals surface area contributed by atoms with Gasteiger partial charge in [0.15, 0.2) is 11.9 Å². The summed E-state index contributed by atoms with van der Waals surface area (Å²) in [6, 6.07) is 8.81. The van der Waals surface area contributed by atoms with Gasteiger partial charge in [0, 0.05) is 42.2 Å². The van der Waals surface area contributed by atoms with Crippen molar-refractivity contribution in [2.45, 2.75) is 68.3 Å². The summed E-state index contributed by atoms with van der Waals surface area (Å²) in [7, 11) is 0. The highest BCUT2D eigenvalue weighted by molar-refractivity contribution is 8.00. The Morgan fingerprint density at radius 2 is 1.87 bits per heavy atom. The van der Waals surface area contributed by atoms with Crippen molar-refractivity contribution in [1.29, 1.82) is 5.26 Å². The molecule has 0 bridgehead atoms. The van der Waals surface area contributed by atoms with Crippen molar-refractivity contribution in [1.82, 2.24) is 14.8 Å². The largest absolute Gasteiger partial charge is 0.512 e. The highest BCUT2D eigenvalue weighted by Gasteiger charge is 2.47. The molecule has 3 atom stereocenters. The van der Waals surface area contributed by atoms with E-state index in [1.54, 1.807) is 25.2 Å². The van der Waals surface area contributed by atoms with Gasteiger partial charge in [0.25, 0.3) is 0 Å². The minimum Gasteiger partial charge on any atom is -0.481 e. The van der Waals surface area contributed by atoms with E-state index in [1.807, 2.05) is 6.07 Å². The van der Waals surface area contributed by atoms with Crippen molar-refractivity contribution in [3.8, 4) is 6.07 Å². The Balaban J connectivity index is 1.47. The Kier molecular flexibility index (Phi) is 14.4. The van der Waals surface area contributed by atoms with Crippen LogP contribution in [0.5, 0.6) is 0 Å². The summed E-state index contributed by atoms with van der Waals surface area (Å²) >= 11 is 1.23. The maximum Gasteiger partial charge on any atom is 0.512 e. The van der Waals surface area contributed by atoms with Crippen LogP contribution in [-0.4, -0.2) is 74.3 Å². The number of thioether (sulfide) groups is 1. The lowest BCUT2D eigenvalue weighted by Crippen LogP contribution is -2.47. The molecule has 52 heavy (non-hydrogen) atoms. The number of allylic oxidation sites excluding steroid dienone is 2. The quantitative estimate of drug-likeness (QED) is 0.105. The molecule has 4 rings (SSSR count). The van der Waals surface area contributed by atoms with Crippen molar-refractivity contribution in [3.63, 3.8) is 0 Å². The maximum atomic E-state index is 15.6. The number of nitriles is 1. The summed E-state index contributed by atoms with van der Waals surface area (Å²) in [5, 5.41) is 20.6. The van der Waals surface area contributed by atoms with E-state index >= 15 is 4.39 Å². The van der Waals surface area contributed by atoms with Crippen molar-refractivity contribution in [2.24, 2.45) is 0 Å². The molecule has 3 unspecified atom stereocenters. The fourth-order valence-electron chi connectivity index (χ4n) is 5.09. The number of carboxylic acids is 1. The zero-order valence-electron chi connectivity index (χ0n) is 28.0. The van der Waals surface area contributed by atoms with Gasteiger partial charge in [0.1, 0.15) is 30.1 Å². The number of hydrogen-bond acceptors (Lipinski definition) is 12. The van der Waals surface area contributed by atoms with Gasteiger partial charge in [-0.15, -0.1) is 11.8 Å². The minimum absolute atomic E-state index is 0.00865. The van der Waals surface area contributed by atoms with E-state index in [0.29, 0.717) is 11.6 Å². The molecule has 1 aliphatic heterocycles. The van der Waals surface area contributed by atoms with Crippen molar-refractivity contribution >= 4 is 35.9 Å². The predicted molar refractivity (Wildman–Crippen MR) is 178 cm³/mol. The third-order valence-electron chi connectivity index (χ3n) is 7.58. The number of aromatic nitrogens is 3. The van der Waals surface area contributed by atoms with Gasteiger partial charge in [-0.3, -0.25) is 9.59 Å². The first-order valence-corrected chi connectivity index (χ1v) is 16.8. The van der Waals surface area contributed by atoms with Crippen LogP contribution < -0.4 is 0 Å². The first-order chi connectivity index (χ1) is 24.9. The van der Waals surface area contributed by atoms with Crippen LogP contribution in [0.25, 0.3) is 6.08 Å². The monoisotopic (exact) mass is 744 g/mol. The van der Waals surface area contributed by atoms with Crippen LogP contribution in [0.3, 0.4) is 0 Å². The van der Waals surface area contributed by atoms with Crippen molar-refractivity contribution < 1.29 is 56.3 Å².